The largest absolute Gasteiger partial charge is 0.486 e. The summed E-state index contributed by atoms with van der Waals surface area (Å²) < 4.78 is 11.0. The quantitative estimate of drug-likeness (QED) is 0.714. The molecule has 2 aromatic carbocycles. The van der Waals surface area contributed by atoms with E-state index in [1.807, 2.05) is 36.4 Å². The van der Waals surface area contributed by atoms with Crippen molar-refractivity contribution in [3.63, 3.8) is 0 Å². The highest BCUT2D eigenvalue weighted by molar-refractivity contribution is 6.32. The predicted octanol–water partition coefficient (Wildman–Crippen LogP) is 4.45. The number of rotatable bonds is 4. The van der Waals surface area contributed by atoms with Gasteiger partial charge in [-0.05, 0) is 30.3 Å². The van der Waals surface area contributed by atoms with Crippen LogP contribution in [-0.4, -0.2) is 4.98 Å². The zero-order valence-corrected chi connectivity index (χ0v) is 12.2. The van der Waals surface area contributed by atoms with Gasteiger partial charge in [-0.2, -0.15) is 5.26 Å². The lowest BCUT2D eigenvalue weighted by Gasteiger charge is -2.05. The second-order valence-electron chi connectivity index (χ2n) is 4.56. The van der Waals surface area contributed by atoms with Gasteiger partial charge in [-0.3, -0.25) is 0 Å². The van der Waals surface area contributed by atoms with Crippen molar-refractivity contribution in [2.24, 2.45) is 0 Å². The number of hydrogen-bond acceptors (Lipinski definition) is 4. The average molecular weight is 311 g/mol. The molecule has 0 N–H and O–H groups in total. The molecule has 3 aromatic rings. The second kappa shape index (κ2) is 6.33. The van der Waals surface area contributed by atoms with Crippen LogP contribution in [0.1, 0.15) is 11.3 Å². The van der Waals surface area contributed by atoms with Gasteiger partial charge in [0, 0.05) is 5.56 Å². The molecule has 0 amide bonds. The van der Waals surface area contributed by atoms with E-state index in [0.717, 1.165) is 5.56 Å². The van der Waals surface area contributed by atoms with Crippen LogP contribution in [0.3, 0.4) is 0 Å². The number of ether oxygens (including phenoxy) is 1. The lowest BCUT2D eigenvalue weighted by molar-refractivity contribution is 0.301. The molecular formula is C17H11ClN2O2. The Bertz CT molecular complexity index is 822. The Morgan fingerprint density at radius 2 is 2.00 bits per heavy atom. The first-order chi connectivity index (χ1) is 10.8. The van der Waals surface area contributed by atoms with E-state index in [1.165, 1.54) is 0 Å². The number of oxazole rings is 1. The molecule has 0 unspecified atom stereocenters. The van der Waals surface area contributed by atoms with Gasteiger partial charge in [0.1, 0.15) is 24.3 Å². The molecule has 4 nitrogen and oxygen atoms in total. The third kappa shape index (κ3) is 3.11. The van der Waals surface area contributed by atoms with Crippen LogP contribution in [0.5, 0.6) is 5.75 Å². The number of halogens is 1. The van der Waals surface area contributed by atoms with Crippen molar-refractivity contribution < 1.29 is 9.15 Å². The Labute approximate surface area is 132 Å². The molecule has 0 aliphatic rings. The minimum absolute atomic E-state index is 0.238. The summed E-state index contributed by atoms with van der Waals surface area (Å²) in [4.78, 5) is 4.37. The summed E-state index contributed by atoms with van der Waals surface area (Å²) in [5.74, 6) is 1.05. The van der Waals surface area contributed by atoms with Crippen molar-refractivity contribution in [2.45, 2.75) is 6.61 Å². The van der Waals surface area contributed by atoms with Crippen LogP contribution in [0.2, 0.25) is 5.02 Å². The Morgan fingerprint density at radius 1 is 1.18 bits per heavy atom. The fraction of sp³-hybridized carbons (Fsp3) is 0.0588. The van der Waals surface area contributed by atoms with Gasteiger partial charge in [-0.15, -0.1) is 0 Å². The molecule has 0 bridgehead atoms. The molecule has 0 aliphatic carbocycles. The van der Waals surface area contributed by atoms with Crippen molar-refractivity contribution >= 4 is 11.6 Å². The fourth-order valence-corrected chi connectivity index (χ4v) is 2.16. The molecule has 0 saturated carbocycles. The lowest BCUT2D eigenvalue weighted by atomic mass is 10.2. The van der Waals surface area contributed by atoms with E-state index in [1.54, 1.807) is 24.5 Å². The highest BCUT2D eigenvalue weighted by Crippen LogP contribution is 2.26. The number of aromatic nitrogens is 1. The molecule has 1 heterocycles. The van der Waals surface area contributed by atoms with Crippen LogP contribution in [0.4, 0.5) is 0 Å². The first-order valence-corrected chi connectivity index (χ1v) is 6.96. The van der Waals surface area contributed by atoms with Crippen molar-refractivity contribution in [3.8, 4) is 23.3 Å². The van der Waals surface area contributed by atoms with E-state index in [9.17, 15) is 0 Å². The van der Waals surface area contributed by atoms with E-state index in [0.29, 0.717) is 27.9 Å². The second-order valence-corrected chi connectivity index (χ2v) is 4.96. The van der Waals surface area contributed by atoms with Crippen LogP contribution >= 0.6 is 11.6 Å². The van der Waals surface area contributed by atoms with E-state index in [4.69, 9.17) is 26.0 Å². The van der Waals surface area contributed by atoms with Crippen molar-refractivity contribution in [1.29, 1.82) is 5.26 Å². The number of nitrogens with zero attached hydrogens (tertiary/aromatic N) is 2. The summed E-state index contributed by atoms with van der Waals surface area (Å²) in [5, 5.41) is 9.19. The number of hydrogen-bond donors (Lipinski definition) is 0. The monoisotopic (exact) mass is 310 g/mol. The SMILES string of the molecule is N#Cc1ccc(OCc2coc(-c3ccccc3)n2)c(Cl)c1. The number of nitriles is 1. The predicted molar refractivity (Wildman–Crippen MR) is 82.4 cm³/mol. The van der Waals surface area contributed by atoms with Gasteiger partial charge < -0.3 is 9.15 Å². The summed E-state index contributed by atoms with van der Waals surface area (Å²) in [6, 6.07) is 16.5. The summed E-state index contributed by atoms with van der Waals surface area (Å²) in [6.07, 6.45) is 1.56. The maximum Gasteiger partial charge on any atom is 0.226 e. The first kappa shape index (κ1) is 14.2. The van der Waals surface area contributed by atoms with Crippen LogP contribution in [0.15, 0.2) is 59.2 Å². The van der Waals surface area contributed by atoms with Gasteiger partial charge in [-0.1, -0.05) is 29.8 Å². The molecule has 22 heavy (non-hydrogen) atoms. The molecule has 108 valence electrons. The summed E-state index contributed by atoms with van der Waals surface area (Å²) in [7, 11) is 0. The molecule has 3 rings (SSSR count). The van der Waals surface area contributed by atoms with E-state index >= 15 is 0 Å². The Kier molecular flexibility index (Phi) is 4.08. The first-order valence-electron chi connectivity index (χ1n) is 6.58. The van der Waals surface area contributed by atoms with E-state index < -0.39 is 0 Å². The lowest BCUT2D eigenvalue weighted by Crippen LogP contribution is -1.96. The van der Waals surface area contributed by atoms with Crippen LogP contribution in [0.25, 0.3) is 11.5 Å². The summed E-state index contributed by atoms with van der Waals surface area (Å²) in [5.41, 5.74) is 2.06. The Morgan fingerprint density at radius 3 is 2.73 bits per heavy atom. The minimum Gasteiger partial charge on any atom is -0.486 e. The van der Waals surface area contributed by atoms with Gasteiger partial charge in [0.15, 0.2) is 0 Å². The highest BCUT2D eigenvalue weighted by atomic mass is 35.5. The smallest absolute Gasteiger partial charge is 0.226 e. The van der Waals surface area contributed by atoms with Gasteiger partial charge in [-0.25, -0.2) is 4.98 Å². The van der Waals surface area contributed by atoms with Gasteiger partial charge in [0.25, 0.3) is 0 Å². The minimum atomic E-state index is 0.238. The Balaban J connectivity index is 1.70. The molecule has 1 aromatic heterocycles. The normalized spacial score (nSPS) is 10.2. The standard InChI is InChI=1S/C17H11ClN2O2/c18-15-8-12(9-19)6-7-16(15)21-10-14-11-22-17(20-14)13-4-2-1-3-5-13/h1-8,11H,10H2. The maximum absolute atomic E-state index is 8.80. The van der Waals surface area contributed by atoms with E-state index in [2.05, 4.69) is 4.98 Å². The fourth-order valence-electron chi connectivity index (χ4n) is 1.93. The molecule has 0 aliphatic heterocycles. The Hall–Kier alpha value is -2.77. The molecule has 0 atom stereocenters. The topological polar surface area (TPSA) is 59.0 Å². The van der Waals surface area contributed by atoms with Gasteiger partial charge in [0.2, 0.25) is 5.89 Å². The van der Waals surface area contributed by atoms with Crippen molar-refractivity contribution in [2.75, 3.05) is 0 Å². The molecule has 5 heteroatoms. The molecule has 0 spiro atoms. The van der Waals surface area contributed by atoms with Gasteiger partial charge in [0.05, 0.1) is 16.7 Å². The molecule has 0 radical (unpaired) electrons. The zero-order chi connectivity index (χ0) is 15.4. The highest BCUT2D eigenvalue weighted by Gasteiger charge is 2.08. The molecular weight excluding hydrogens is 300 g/mol. The van der Waals surface area contributed by atoms with E-state index in [-0.39, 0.29) is 6.61 Å². The third-order valence-corrected chi connectivity index (χ3v) is 3.30. The van der Waals surface area contributed by atoms with Crippen LogP contribution in [-0.2, 0) is 6.61 Å². The van der Waals surface area contributed by atoms with Crippen molar-refractivity contribution in [3.05, 3.63) is 71.1 Å². The van der Waals surface area contributed by atoms with Crippen LogP contribution < -0.4 is 4.74 Å². The molecule has 0 saturated heterocycles. The maximum atomic E-state index is 8.80. The summed E-state index contributed by atoms with van der Waals surface area (Å²) in [6.45, 7) is 0.238. The van der Waals surface area contributed by atoms with Crippen LogP contribution in [0, 0.1) is 11.3 Å². The third-order valence-electron chi connectivity index (χ3n) is 3.01. The summed E-state index contributed by atoms with van der Waals surface area (Å²) >= 11 is 6.06. The zero-order valence-electron chi connectivity index (χ0n) is 11.5. The molecule has 0 fully saturated rings. The number of benzene rings is 2. The van der Waals surface area contributed by atoms with Gasteiger partial charge >= 0.3 is 0 Å². The van der Waals surface area contributed by atoms with Crippen molar-refractivity contribution in [1.82, 2.24) is 4.98 Å². The average Bonchev–Trinajstić information content (AvgIpc) is 3.03.